The van der Waals surface area contributed by atoms with Crippen LogP contribution in [0.3, 0.4) is 0 Å². The first-order valence-corrected chi connectivity index (χ1v) is 18.5. The van der Waals surface area contributed by atoms with Gasteiger partial charge in [-0.2, -0.15) is 0 Å². The van der Waals surface area contributed by atoms with Gasteiger partial charge >= 0.3 is 11.4 Å². The SMILES string of the molecule is C=CCn1c(=O)c2[nH]c(C(C)c3ccccc3)nc2n(CC=C)c1=O.CCCC(Cc1ccccc1)c1nc2c([nH]1)c(=O)n(CCC)c(=O)n2CCC. The zero-order valence-electron chi connectivity index (χ0n) is 31.2. The predicted octanol–water partition coefficient (Wildman–Crippen LogP) is 6.24. The number of nitrogens with zero attached hydrogens (tertiary/aromatic N) is 6. The molecule has 278 valence electrons. The van der Waals surface area contributed by atoms with E-state index in [0.29, 0.717) is 41.2 Å². The fourth-order valence-electron chi connectivity index (χ4n) is 6.68. The summed E-state index contributed by atoms with van der Waals surface area (Å²) >= 11 is 0. The second kappa shape index (κ2) is 17.6. The van der Waals surface area contributed by atoms with E-state index in [0.717, 1.165) is 48.1 Å². The first kappa shape index (κ1) is 38.5. The third-order valence-corrected chi connectivity index (χ3v) is 9.34. The summed E-state index contributed by atoms with van der Waals surface area (Å²) in [6.45, 7) is 16.9. The molecule has 2 aromatic carbocycles. The van der Waals surface area contributed by atoms with E-state index in [2.05, 4.69) is 47.2 Å². The van der Waals surface area contributed by atoms with Crippen molar-refractivity contribution in [3.63, 3.8) is 0 Å². The van der Waals surface area contributed by atoms with Crippen LogP contribution in [0.25, 0.3) is 22.3 Å². The van der Waals surface area contributed by atoms with Crippen molar-refractivity contribution in [1.29, 1.82) is 0 Å². The van der Waals surface area contributed by atoms with Gasteiger partial charge in [-0.15, -0.1) is 13.2 Å². The minimum Gasteiger partial charge on any atom is -0.336 e. The van der Waals surface area contributed by atoms with E-state index in [1.807, 2.05) is 69.3 Å². The molecule has 0 aliphatic heterocycles. The molecule has 2 atom stereocenters. The Bertz CT molecular complexity index is 2410. The number of fused-ring (bicyclic) bond motifs is 2. The van der Waals surface area contributed by atoms with Gasteiger partial charge < -0.3 is 9.97 Å². The molecular formula is C41H50N8O4. The van der Waals surface area contributed by atoms with Crippen LogP contribution in [-0.2, 0) is 32.6 Å². The van der Waals surface area contributed by atoms with Crippen molar-refractivity contribution in [3.05, 3.63) is 150 Å². The Morgan fingerprint density at radius 1 is 0.660 bits per heavy atom. The number of aromatic amines is 2. The Kier molecular flexibility index (Phi) is 12.8. The maximum absolute atomic E-state index is 12.9. The number of benzene rings is 2. The third kappa shape index (κ3) is 8.16. The normalized spacial score (nSPS) is 12.4. The fraction of sp³-hybridized carbons (Fsp3) is 0.366. The summed E-state index contributed by atoms with van der Waals surface area (Å²) in [4.78, 5) is 66.8. The Morgan fingerprint density at radius 2 is 1.17 bits per heavy atom. The number of hydrogen-bond acceptors (Lipinski definition) is 6. The molecule has 0 spiro atoms. The molecule has 2 N–H and O–H groups in total. The van der Waals surface area contributed by atoms with Crippen LogP contribution >= 0.6 is 0 Å². The van der Waals surface area contributed by atoms with Crippen LogP contribution in [0.4, 0.5) is 0 Å². The van der Waals surface area contributed by atoms with Gasteiger partial charge in [-0.1, -0.05) is 107 Å². The quantitative estimate of drug-likeness (QED) is 0.120. The summed E-state index contributed by atoms with van der Waals surface area (Å²) in [5, 5.41) is 0. The lowest BCUT2D eigenvalue weighted by Crippen LogP contribution is -2.40. The van der Waals surface area contributed by atoms with Crippen LogP contribution in [0, 0.1) is 0 Å². The molecule has 2 unspecified atom stereocenters. The van der Waals surface area contributed by atoms with Gasteiger partial charge in [0.05, 0.1) is 0 Å². The molecule has 4 aromatic heterocycles. The molecule has 6 rings (SSSR count). The average Bonchev–Trinajstić information content (AvgIpc) is 3.82. The molecule has 0 fully saturated rings. The van der Waals surface area contributed by atoms with Crippen LogP contribution in [0.15, 0.2) is 105 Å². The van der Waals surface area contributed by atoms with Crippen LogP contribution in [-0.4, -0.2) is 38.2 Å². The molecular weight excluding hydrogens is 669 g/mol. The van der Waals surface area contributed by atoms with Crippen LogP contribution in [0.5, 0.6) is 0 Å². The lowest BCUT2D eigenvalue weighted by atomic mass is 9.94. The maximum atomic E-state index is 12.9. The Labute approximate surface area is 308 Å². The van der Waals surface area contributed by atoms with Crippen LogP contribution in [0.2, 0.25) is 0 Å². The minimum absolute atomic E-state index is 0.0341. The van der Waals surface area contributed by atoms with E-state index < -0.39 is 5.69 Å². The van der Waals surface area contributed by atoms with E-state index in [-0.39, 0.29) is 41.7 Å². The first-order valence-electron chi connectivity index (χ1n) is 18.5. The second-order valence-corrected chi connectivity index (χ2v) is 13.2. The molecule has 0 saturated heterocycles. The number of allylic oxidation sites excluding steroid dienone is 2. The average molecular weight is 719 g/mol. The van der Waals surface area contributed by atoms with E-state index >= 15 is 0 Å². The topological polar surface area (TPSA) is 145 Å². The van der Waals surface area contributed by atoms with E-state index in [9.17, 15) is 19.2 Å². The van der Waals surface area contributed by atoms with Crippen molar-refractivity contribution in [2.24, 2.45) is 0 Å². The molecule has 0 radical (unpaired) electrons. The number of H-pyrrole nitrogens is 2. The lowest BCUT2D eigenvalue weighted by molar-refractivity contribution is 0.554. The zero-order chi connectivity index (χ0) is 38.1. The highest BCUT2D eigenvalue weighted by Gasteiger charge is 2.22. The maximum Gasteiger partial charge on any atom is 0.333 e. The lowest BCUT2D eigenvalue weighted by Gasteiger charge is -2.13. The fourth-order valence-corrected chi connectivity index (χ4v) is 6.68. The minimum atomic E-state index is -0.414. The molecule has 0 saturated carbocycles. The summed E-state index contributed by atoms with van der Waals surface area (Å²) in [6.07, 6.45) is 7.53. The van der Waals surface area contributed by atoms with Gasteiger partial charge in [0.1, 0.15) is 22.7 Å². The monoisotopic (exact) mass is 718 g/mol. The highest BCUT2D eigenvalue weighted by atomic mass is 16.2. The Morgan fingerprint density at radius 3 is 1.77 bits per heavy atom. The van der Waals surface area contributed by atoms with Crippen molar-refractivity contribution in [2.75, 3.05) is 0 Å². The smallest absolute Gasteiger partial charge is 0.333 e. The van der Waals surface area contributed by atoms with Crippen molar-refractivity contribution in [3.8, 4) is 0 Å². The molecule has 0 aliphatic rings. The molecule has 4 heterocycles. The number of rotatable bonds is 15. The predicted molar refractivity (Wildman–Crippen MR) is 212 cm³/mol. The van der Waals surface area contributed by atoms with Crippen molar-refractivity contribution < 1.29 is 0 Å². The molecule has 53 heavy (non-hydrogen) atoms. The van der Waals surface area contributed by atoms with Crippen LogP contribution in [0.1, 0.15) is 88.0 Å². The summed E-state index contributed by atoms with van der Waals surface area (Å²) in [7, 11) is 0. The number of nitrogens with one attached hydrogen (secondary N) is 2. The molecule has 12 nitrogen and oxygen atoms in total. The molecule has 0 amide bonds. The zero-order valence-corrected chi connectivity index (χ0v) is 31.2. The van der Waals surface area contributed by atoms with Gasteiger partial charge in [-0.05, 0) is 36.8 Å². The summed E-state index contributed by atoms with van der Waals surface area (Å²) in [6, 6.07) is 20.2. The number of aromatic nitrogens is 8. The van der Waals surface area contributed by atoms with Gasteiger partial charge in [0.2, 0.25) is 0 Å². The van der Waals surface area contributed by atoms with E-state index in [1.54, 1.807) is 10.6 Å². The van der Waals surface area contributed by atoms with Gasteiger partial charge in [-0.25, -0.2) is 19.6 Å². The summed E-state index contributed by atoms with van der Waals surface area (Å²) < 4.78 is 5.59. The highest BCUT2D eigenvalue weighted by molar-refractivity contribution is 5.71. The third-order valence-electron chi connectivity index (χ3n) is 9.34. The van der Waals surface area contributed by atoms with Gasteiger partial charge in [0.15, 0.2) is 11.3 Å². The van der Waals surface area contributed by atoms with Gasteiger partial charge in [0.25, 0.3) is 11.1 Å². The number of hydrogen-bond donors (Lipinski definition) is 2. The number of imidazole rings is 2. The Balaban J connectivity index is 0.000000206. The molecule has 6 aromatic rings. The number of aryl methyl sites for hydroxylation is 1. The first-order chi connectivity index (χ1) is 25.7. The van der Waals surface area contributed by atoms with Crippen molar-refractivity contribution in [2.45, 2.75) is 97.8 Å². The van der Waals surface area contributed by atoms with Crippen molar-refractivity contribution in [1.82, 2.24) is 38.2 Å². The Hall–Kier alpha value is -5.78. The summed E-state index contributed by atoms with van der Waals surface area (Å²) in [5.41, 5.74) is 2.62. The van der Waals surface area contributed by atoms with Crippen molar-refractivity contribution >= 4 is 22.3 Å². The van der Waals surface area contributed by atoms with Crippen LogP contribution < -0.4 is 22.5 Å². The summed E-state index contributed by atoms with van der Waals surface area (Å²) in [5.74, 6) is 1.60. The van der Waals surface area contributed by atoms with E-state index in [4.69, 9.17) is 4.98 Å². The van der Waals surface area contributed by atoms with Gasteiger partial charge in [-0.3, -0.25) is 27.9 Å². The van der Waals surface area contributed by atoms with Gasteiger partial charge in [0, 0.05) is 38.0 Å². The standard InChI is InChI=1S/C22H30N4O2.C19H20N4O2/c1-4-10-17(15-16-11-8-7-9-12-16)19-23-18-20(24-19)25(13-5-2)22(28)26(14-6-3)21(18)27;1-4-11-22-17-15(18(24)23(12-5-2)19(22)25)20-16(21-17)13(3)14-9-7-6-8-10-14/h7-9,11-12,17H,4-6,10,13-15H2,1-3H3,(H,23,24);4-10,13H,1-2,11-12H2,3H3,(H,20,21). The molecule has 0 bridgehead atoms. The molecule has 0 aliphatic carbocycles. The van der Waals surface area contributed by atoms with E-state index in [1.165, 1.54) is 20.8 Å². The molecule has 12 heteroatoms. The largest absolute Gasteiger partial charge is 0.336 e. The highest BCUT2D eigenvalue weighted by Crippen LogP contribution is 2.25. The second-order valence-electron chi connectivity index (χ2n) is 13.2.